The van der Waals surface area contributed by atoms with Gasteiger partial charge in [0.1, 0.15) is 0 Å². The molecule has 0 aliphatic heterocycles. The third kappa shape index (κ3) is 2.44. The summed E-state index contributed by atoms with van der Waals surface area (Å²) >= 11 is 0. The summed E-state index contributed by atoms with van der Waals surface area (Å²) in [5.74, 6) is 0. The fourth-order valence-corrected chi connectivity index (χ4v) is 0.313. The minimum absolute atomic E-state index is 0. The van der Waals surface area contributed by atoms with Crippen molar-refractivity contribution in [3.05, 3.63) is 30.6 Å². The fourth-order valence-electron chi connectivity index (χ4n) is 0.313. The number of pyridine rings is 1. The van der Waals surface area contributed by atoms with Gasteiger partial charge in [-0.05, 0) is 12.1 Å². The van der Waals surface area contributed by atoms with Gasteiger partial charge in [0.05, 0.1) is 0 Å². The molecule has 1 rings (SSSR count). The van der Waals surface area contributed by atoms with Gasteiger partial charge in [0, 0.05) is 31.3 Å². The van der Waals surface area contributed by atoms with Crippen molar-refractivity contribution in [1.29, 1.82) is 0 Å². The molecule has 0 saturated heterocycles. The molecule has 0 unspecified atom stereocenters. The van der Waals surface area contributed by atoms with Crippen LogP contribution >= 0.6 is 0 Å². The van der Waals surface area contributed by atoms with Crippen LogP contribution in [0.5, 0.6) is 0 Å². The predicted octanol–water partition coefficient (Wildman–Crippen LogP) is 0.701. The molecule has 0 aliphatic carbocycles. The summed E-state index contributed by atoms with van der Waals surface area (Å²) in [5, 5.41) is 0. The van der Waals surface area contributed by atoms with Gasteiger partial charge in [-0.15, -0.1) is 0 Å². The SMILES string of the molecule is [Li].c1ccncc1. The zero-order valence-corrected chi connectivity index (χ0v) is 4.33. The molecular weight excluding hydrogens is 81.0 g/mol. The first kappa shape index (κ1) is 6.75. The molecule has 1 nitrogen and oxygen atoms in total. The van der Waals surface area contributed by atoms with Crippen LogP contribution in [0.25, 0.3) is 0 Å². The van der Waals surface area contributed by atoms with E-state index in [0.717, 1.165) is 0 Å². The molecule has 0 N–H and O–H groups in total. The molecule has 2 heteroatoms. The zero-order chi connectivity index (χ0) is 4.24. The molecule has 1 heterocycles. The van der Waals surface area contributed by atoms with E-state index >= 15 is 0 Å². The third-order valence-corrected chi connectivity index (χ3v) is 0.566. The number of hydrogen-bond donors (Lipinski definition) is 0. The molecule has 0 aromatic carbocycles. The summed E-state index contributed by atoms with van der Waals surface area (Å²) in [7, 11) is 0. The Morgan fingerprint density at radius 2 is 1.43 bits per heavy atom. The summed E-state index contributed by atoms with van der Waals surface area (Å²) in [6.45, 7) is 0. The molecule has 0 amide bonds. The smallest absolute Gasteiger partial charge is 0.0267 e. The van der Waals surface area contributed by atoms with Gasteiger partial charge in [0.25, 0.3) is 0 Å². The molecule has 1 aromatic rings. The first-order valence-corrected chi connectivity index (χ1v) is 1.85. The van der Waals surface area contributed by atoms with E-state index in [2.05, 4.69) is 4.98 Å². The zero-order valence-electron chi connectivity index (χ0n) is 4.33. The normalized spacial score (nSPS) is 6.86. The second-order valence-electron chi connectivity index (χ2n) is 1.02. The van der Waals surface area contributed by atoms with Gasteiger partial charge in [0.2, 0.25) is 0 Å². The average Bonchev–Trinajstić information content (AvgIpc) is 1.72. The van der Waals surface area contributed by atoms with Gasteiger partial charge >= 0.3 is 0 Å². The fraction of sp³-hybridized carbons (Fsp3) is 0. The van der Waals surface area contributed by atoms with Crippen molar-refractivity contribution in [2.75, 3.05) is 0 Å². The van der Waals surface area contributed by atoms with Crippen LogP contribution in [0.15, 0.2) is 30.6 Å². The Hall–Kier alpha value is -0.253. The van der Waals surface area contributed by atoms with Gasteiger partial charge in [-0.1, -0.05) is 6.07 Å². The summed E-state index contributed by atoms with van der Waals surface area (Å²) in [6, 6.07) is 5.72. The van der Waals surface area contributed by atoms with Crippen LogP contribution in [0.3, 0.4) is 0 Å². The Bertz CT molecular complexity index is 80.0. The maximum Gasteiger partial charge on any atom is 0.0267 e. The van der Waals surface area contributed by atoms with E-state index in [1.807, 2.05) is 18.2 Å². The standard InChI is InChI=1S/C5H5N.Li/c1-2-4-6-5-3-1;/h1-5H;. The van der Waals surface area contributed by atoms with Crippen molar-refractivity contribution in [3.63, 3.8) is 0 Å². The number of rotatable bonds is 0. The van der Waals surface area contributed by atoms with Crippen molar-refractivity contribution < 1.29 is 0 Å². The van der Waals surface area contributed by atoms with Gasteiger partial charge in [-0.25, -0.2) is 0 Å². The third-order valence-electron chi connectivity index (χ3n) is 0.566. The molecular formula is C5H5LiN. The predicted molar refractivity (Wildman–Crippen MR) is 30.0 cm³/mol. The van der Waals surface area contributed by atoms with Gasteiger partial charge in [0.15, 0.2) is 0 Å². The van der Waals surface area contributed by atoms with Crippen LogP contribution in [0, 0.1) is 0 Å². The molecule has 0 aliphatic rings. The minimum Gasteiger partial charge on any atom is -0.265 e. The van der Waals surface area contributed by atoms with Gasteiger partial charge < -0.3 is 0 Å². The summed E-state index contributed by atoms with van der Waals surface area (Å²) < 4.78 is 0. The summed E-state index contributed by atoms with van der Waals surface area (Å²) in [4.78, 5) is 3.78. The monoisotopic (exact) mass is 86.1 g/mol. The largest absolute Gasteiger partial charge is 0.265 e. The van der Waals surface area contributed by atoms with E-state index in [0.29, 0.717) is 0 Å². The van der Waals surface area contributed by atoms with Crippen molar-refractivity contribution >= 4 is 18.9 Å². The molecule has 7 heavy (non-hydrogen) atoms. The van der Waals surface area contributed by atoms with E-state index in [-0.39, 0.29) is 18.9 Å². The van der Waals surface area contributed by atoms with Crippen LogP contribution in [-0.2, 0) is 0 Å². The second-order valence-corrected chi connectivity index (χ2v) is 1.02. The van der Waals surface area contributed by atoms with Crippen LogP contribution in [0.1, 0.15) is 0 Å². The second kappa shape index (κ2) is 3.92. The summed E-state index contributed by atoms with van der Waals surface area (Å²) in [5.41, 5.74) is 0. The molecule has 0 fully saturated rings. The summed E-state index contributed by atoms with van der Waals surface area (Å²) in [6.07, 6.45) is 3.50. The Labute approximate surface area is 54.9 Å². The van der Waals surface area contributed by atoms with Crippen LogP contribution in [0.4, 0.5) is 0 Å². The van der Waals surface area contributed by atoms with Gasteiger partial charge in [-0.2, -0.15) is 0 Å². The van der Waals surface area contributed by atoms with Crippen molar-refractivity contribution in [3.8, 4) is 0 Å². The van der Waals surface area contributed by atoms with E-state index < -0.39 is 0 Å². The number of hydrogen-bond acceptors (Lipinski definition) is 1. The Morgan fingerprint density at radius 3 is 1.57 bits per heavy atom. The minimum atomic E-state index is 0. The Morgan fingerprint density at radius 1 is 0.857 bits per heavy atom. The molecule has 0 bridgehead atoms. The van der Waals surface area contributed by atoms with E-state index in [9.17, 15) is 0 Å². The van der Waals surface area contributed by atoms with Crippen molar-refractivity contribution in [1.82, 2.24) is 4.98 Å². The molecule has 0 spiro atoms. The molecule has 0 saturated carbocycles. The first-order valence-electron chi connectivity index (χ1n) is 1.85. The van der Waals surface area contributed by atoms with Gasteiger partial charge in [-0.3, -0.25) is 4.98 Å². The van der Waals surface area contributed by atoms with Crippen molar-refractivity contribution in [2.24, 2.45) is 0 Å². The average molecular weight is 86.0 g/mol. The topological polar surface area (TPSA) is 12.9 Å². The van der Waals surface area contributed by atoms with Crippen molar-refractivity contribution in [2.45, 2.75) is 0 Å². The number of aromatic nitrogens is 1. The molecule has 1 radical (unpaired) electrons. The maximum absolute atomic E-state index is 3.78. The molecule has 1 aromatic heterocycles. The van der Waals surface area contributed by atoms with E-state index in [4.69, 9.17) is 0 Å². The number of nitrogens with zero attached hydrogens (tertiary/aromatic N) is 1. The Balaban J connectivity index is 0.000000360. The molecule has 0 atom stereocenters. The van der Waals surface area contributed by atoms with Crippen LogP contribution in [0.2, 0.25) is 0 Å². The molecule has 31 valence electrons. The first-order chi connectivity index (χ1) is 3.00. The quantitative estimate of drug-likeness (QED) is 0.423. The van der Waals surface area contributed by atoms with Crippen LogP contribution in [-0.4, -0.2) is 23.8 Å². The Kier molecular flexibility index (Phi) is 3.78. The van der Waals surface area contributed by atoms with E-state index in [1.165, 1.54) is 0 Å². The van der Waals surface area contributed by atoms with E-state index in [1.54, 1.807) is 12.4 Å². The van der Waals surface area contributed by atoms with Crippen LogP contribution < -0.4 is 0 Å². The maximum atomic E-state index is 3.78.